The van der Waals surface area contributed by atoms with E-state index >= 15 is 0 Å². The molecule has 2 aliphatic carbocycles. The van der Waals surface area contributed by atoms with E-state index in [0.717, 1.165) is 103 Å². The van der Waals surface area contributed by atoms with Crippen molar-refractivity contribution in [2.45, 2.75) is 149 Å². The summed E-state index contributed by atoms with van der Waals surface area (Å²) in [4.78, 5) is 0. The van der Waals surface area contributed by atoms with Gasteiger partial charge >= 0.3 is 20.4 Å². The van der Waals surface area contributed by atoms with E-state index in [9.17, 15) is 13.0 Å². The Hall–Kier alpha value is -2.72. The van der Waals surface area contributed by atoms with Gasteiger partial charge in [0.1, 0.15) is 11.4 Å². The molecule has 0 spiro atoms. The molecule has 0 bridgehead atoms. The summed E-state index contributed by atoms with van der Waals surface area (Å²) >= 11 is 0. The number of nitrogen functional groups attached to an aromatic ring is 1. The van der Waals surface area contributed by atoms with Crippen LogP contribution in [0.2, 0.25) is 0 Å². The summed E-state index contributed by atoms with van der Waals surface area (Å²) in [6.07, 6.45) is 9.13. The van der Waals surface area contributed by atoms with Gasteiger partial charge in [-0.15, -0.1) is 35.9 Å². The number of benzene rings is 4. The van der Waals surface area contributed by atoms with Gasteiger partial charge in [-0.1, -0.05) is 89.9 Å². The molecule has 2 fully saturated rings. The predicted molar refractivity (Wildman–Crippen MR) is 239 cm³/mol. The molecule has 0 saturated heterocycles. The molecular formula is C48H67NO5PPdS+. The molecule has 2 saturated carbocycles. The smallest absolute Gasteiger partial charge is 0.717 e. The minimum atomic E-state index is -4.75. The first-order valence-electron chi connectivity index (χ1n) is 20.3. The fraction of sp³-hybridized carbons (Fsp3) is 0.500. The first-order chi connectivity index (χ1) is 26.1. The van der Waals surface area contributed by atoms with E-state index < -0.39 is 21.8 Å². The molecule has 0 aromatic heterocycles. The second kappa shape index (κ2) is 21.0. The molecule has 57 heavy (non-hydrogen) atoms. The van der Waals surface area contributed by atoms with E-state index in [1.165, 1.54) is 0 Å². The van der Waals surface area contributed by atoms with E-state index in [4.69, 9.17) is 15.2 Å². The summed E-state index contributed by atoms with van der Waals surface area (Å²) in [7, 11) is -3.09. The first-order valence-corrected chi connectivity index (χ1v) is 24.3. The number of hydrogen-bond acceptors (Lipinski definition) is 6. The second-order valence-corrected chi connectivity index (χ2v) is 24.2. The van der Waals surface area contributed by atoms with Crippen LogP contribution in [-0.2, 0) is 30.2 Å². The Labute approximate surface area is 359 Å². The molecule has 2 aliphatic rings. The zero-order valence-corrected chi connectivity index (χ0v) is 37.9. The summed E-state index contributed by atoms with van der Waals surface area (Å²) in [5.41, 5.74) is 11.9. The van der Waals surface area contributed by atoms with E-state index in [1.807, 2.05) is 81.4 Å². The van der Waals surface area contributed by atoms with Gasteiger partial charge in [0.2, 0.25) is 9.74 Å². The Kier molecular flexibility index (Phi) is 17.9. The van der Waals surface area contributed by atoms with Crippen LogP contribution in [0.25, 0.3) is 22.3 Å². The van der Waals surface area contributed by atoms with Crippen molar-refractivity contribution in [3.8, 4) is 33.8 Å². The molecule has 0 atom stereocenters. The monoisotopic (exact) mass is 906 g/mol. The maximum Gasteiger partial charge on any atom is 2.00 e. The van der Waals surface area contributed by atoms with Crippen LogP contribution in [0.15, 0.2) is 78.9 Å². The van der Waals surface area contributed by atoms with Crippen LogP contribution < -0.4 is 20.5 Å². The zero-order valence-electron chi connectivity index (χ0n) is 34.7. The first kappa shape index (κ1) is 48.6. The van der Waals surface area contributed by atoms with E-state index in [0.29, 0.717) is 16.8 Å². The van der Waals surface area contributed by atoms with Crippen molar-refractivity contribution in [3.05, 3.63) is 96.1 Å². The molecule has 0 radical (unpaired) electrons. The standard InChI is InChI=1S/C35H53O5PS.C12H10N.CH4.Pd/c1-24(2)28-20-15-21-29(25(3)4)32(28)33-30(39-8)22-23-31(40-35(5,6)7)34(33)41(42(36,37)38,26-16-11-9-12-17-26)27-18-13-10-14-19-27;13-12-9-5-4-8-11(12)10-6-2-1-3-7-10;;/h15,20-27H,9-14,16-19H2,1-8H3;1-6,8-9H,13H2;1H4;/q;-1;;+2. The molecule has 4 aromatic carbocycles. The molecule has 0 aliphatic heterocycles. The molecule has 0 heterocycles. The summed E-state index contributed by atoms with van der Waals surface area (Å²) in [5.74, 6) is 1.55. The van der Waals surface area contributed by atoms with E-state index in [1.54, 1.807) is 7.11 Å². The van der Waals surface area contributed by atoms with Crippen LogP contribution >= 0.6 is 6.46 Å². The van der Waals surface area contributed by atoms with Crippen LogP contribution in [0.3, 0.4) is 0 Å². The molecule has 6 rings (SSSR count). The van der Waals surface area contributed by atoms with Gasteiger partial charge in [-0.05, 0) is 125 Å². The second-order valence-electron chi connectivity index (χ2n) is 16.9. The van der Waals surface area contributed by atoms with Gasteiger partial charge in [0.15, 0.2) is 17.5 Å². The van der Waals surface area contributed by atoms with Crippen molar-refractivity contribution in [2.75, 3.05) is 12.8 Å². The molecular weight excluding hydrogens is 840 g/mol. The number of para-hydroxylation sites is 1. The van der Waals surface area contributed by atoms with Gasteiger partial charge in [-0.2, -0.15) is 0 Å². The van der Waals surface area contributed by atoms with Crippen LogP contribution in [0, 0.1) is 6.07 Å². The van der Waals surface area contributed by atoms with Crippen molar-refractivity contribution in [1.29, 1.82) is 0 Å². The van der Waals surface area contributed by atoms with Crippen molar-refractivity contribution in [2.24, 2.45) is 0 Å². The molecule has 9 heteroatoms. The average Bonchev–Trinajstić information content (AvgIpc) is 3.15. The number of anilines is 1. The summed E-state index contributed by atoms with van der Waals surface area (Å²) in [6, 6.07) is 29.0. The largest absolute Gasteiger partial charge is 2.00 e. The number of ether oxygens (including phenoxy) is 2. The number of hydrogen-bond donors (Lipinski definition) is 1. The number of methoxy groups -OCH3 is 1. The van der Waals surface area contributed by atoms with E-state index in [-0.39, 0.29) is 51.0 Å². The third-order valence-electron chi connectivity index (χ3n) is 11.3. The van der Waals surface area contributed by atoms with Gasteiger partial charge in [-0.3, -0.25) is 0 Å². The normalized spacial score (nSPS) is 15.6. The van der Waals surface area contributed by atoms with Gasteiger partial charge < -0.3 is 19.8 Å². The Morgan fingerprint density at radius 2 is 1.25 bits per heavy atom. The van der Waals surface area contributed by atoms with Crippen LogP contribution in [-0.4, -0.2) is 37.0 Å². The molecule has 314 valence electrons. The average molecular weight is 908 g/mol. The van der Waals surface area contributed by atoms with Crippen LogP contribution in [0.4, 0.5) is 5.69 Å². The molecule has 0 amide bonds. The van der Waals surface area contributed by atoms with Gasteiger partial charge in [0.05, 0.1) is 24.0 Å². The maximum absolute atomic E-state index is 14.4. The molecule has 2 N–H and O–H groups in total. The van der Waals surface area contributed by atoms with Crippen molar-refractivity contribution in [1.82, 2.24) is 0 Å². The Morgan fingerprint density at radius 3 is 1.68 bits per heavy atom. The summed E-state index contributed by atoms with van der Waals surface area (Å²) in [6.45, 7) is 11.3. The third-order valence-corrected chi connectivity index (χ3v) is 20.9. The Bertz CT molecular complexity index is 1940. The minimum absolute atomic E-state index is 0. The predicted octanol–water partition coefficient (Wildman–Crippen LogP) is 12.9. The zero-order chi connectivity index (χ0) is 40.0. The minimum Gasteiger partial charge on any atom is -0.717 e. The molecule has 6 nitrogen and oxygen atoms in total. The Balaban J connectivity index is 0.000000489. The molecule has 0 unspecified atom stereocenters. The molecule has 4 aromatic rings. The van der Waals surface area contributed by atoms with Gasteiger partial charge in [0, 0.05) is 0 Å². The van der Waals surface area contributed by atoms with Gasteiger partial charge in [-0.25, -0.2) is 8.42 Å². The topological polar surface area (TPSA) is 102 Å². The third kappa shape index (κ3) is 10.9. The fourth-order valence-electron chi connectivity index (χ4n) is 8.94. The van der Waals surface area contributed by atoms with Crippen molar-refractivity contribution < 1.29 is 42.9 Å². The number of nitrogens with two attached hydrogens (primary N) is 1. The fourth-order valence-corrected chi connectivity index (χ4v) is 19.2. The van der Waals surface area contributed by atoms with Crippen LogP contribution in [0.5, 0.6) is 11.5 Å². The van der Waals surface area contributed by atoms with E-state index in [2.05, 4.69) is 52.0 Å². The quantitative estimate of drug-likeness (QED) is 0.0559. The Morgan fingerprint density at radius 1 is 0.737 bits per heavy atom. The van der Waals surface area contributed by atoms with Crippen molar-refractivity contribution >= 4 is 27.2 Å². The van der Waals surface area contributed by atoms with Crippen LogP contribution in [0.1, 0.15) is 143 Å². The van der Waals surface area contributed by atoms with Gasteiger partial charge in [0.25, 0.3) is 0 Å². The van der Waals surface area contributed by atoms with Crippen molar-refractivity contribution in [3.63, 3.8) is 0 Å². The summed E-state index contributed by atoms with van der Waals surface area (Å²) in [5, 5.41) is 0.667. The SMILES string of the molecule is C.COc1ccc(OC(C)(C)C)c([P+](C2CCCCC2)(C2CCCCC2)S(=O)(=O)[O-])c1-c1c(C(C)C)cccc1C(C)C.Nc1ccccc1-c1[c-]cccc1.[Pd+2]. The number of rotatable bonds is 10. The summed E-state index contributed by atoms with van der Waals surface area (Å²) < 4.78 is 56.1. The maximum atomic E-state index is 14.4.